The fraction of sp³-hybridized carbons (Fsp3) is 0. The number of hydrogen-bond acceptors (Lipinski definition) is 2. The summed E-state index contributed by atoms with van der Waals surface area (Å²) in [6, 6.07) is 46.4. The van der Waals surface area contributed by atoms with Gasteiger partial charge in [0.2, 0.25) is 0 Å². The van der Waals surface area contributed by atoms with Gasteiger partial charge in [-0.25, -0.2) is 9.83 Å². The zero-order valence-corrected chi connectivity index (χ0v) is 22.6. The van der Waals surface area contributed by atoms with Crippen LogP contribution in [-0.4, -0.2) is 9.97 Å². The van der Waals surface area contributed by atoms with Crippen LogP contribution in [0.1, 0.15) is 0 Å². The molecule has 8 rings (SSSR count). The van der Waals surface area contributed by atoms with Crippen molar-refractivity contribution in [2.24, 2.45) is 0 Å². The van der Waals surface area contributed by atoms with E-state index in [0.717, 1.165) is 66.1 Å². The summed E-state index contributed by atoms with van der Waals surface area (Å²) in [5.74, 6) is 0. The van der Waals surface area contributed by atoms with Gasteiger partial charge in [0.25, 0.3) is 0 Å². The van der Waals surface area contributed by atoms with E-state index in [1.807, 2.05) is 24.4 Å². The molecule has 0 aliphatic heterocycles. The Morgan fingerprint density at radius 1 is 0.500 bits per heavy atom. The predicted octanol–water partition coefficient (Wildman–Crippen LogP) is 10.6. The first kappa shape index (κ1) is 24.0. The second kappa shape index (κ2) is 9.66. The standard InChI is InChI=1S/C39H23N3/c1-40-31-18-14-26(15-19-31)37-33-11-5-2-7-25(33)16-20-34(37)30-23-29-8-3-4-10-32(29)35(24-30)36-21-17-28-13-12-27-9-6-22-41-38(27)39(28)42-36/h2-24H. The van der Waals surface area contributed by atoms with E-state index in [2.05, 4.69) is 125 Å². The molecule has 8 aromatic rings. The second-order valence-corrected chi connectivity index (χ2v) is 10.5. The quantitative estimate of drug-likeness (QED) is 0.167. The van der Waals surface area contributed by atoms with Gasteiger partial charge in [0.05, 0.1) is 23.3 Å². The van der Waals surface area contributed by atoms with E-state index in [9.17, 15) is 0 Å². The largest absolute Gasteiger partial charge is 0.254 e. The van der Waals surface area contributed by atoms with Crippen LogP contribution in [0.15, 0.2) is 140 Å². The first-order chi connectivity index (χ1) is 20.8. The van der Waals surface area contributed by atoms with Crippen LogP contribution >= 0.6 is 0 Å². The van der Waals surface area contributed by atoms with E-state index in [4.69, 9.17) is 11.6 Å². The van der Waals surface area contributed by atoms with Gasteiger partial charge in [-0.15, -0.1) is 0 Å². The third-order valence-electron chi connectivity index (χ3n) is 8.09. The number of nitrogens with zero attached hydrogens (tertiary/aromatic N) is 3. The molecule has 3 nitrogen and oxygen atoms in total. The zero-order valence-electron chi connectivity index (χ0n) is 22.6. The Bertz CT molecular complexity index is 2360. The molecule has 2 heterocycles. The zero-order chi connectivity index (χ0) is 28.0. The minimum absolute atomic E-state index is 0.637. The molecular weight excluding hydrogens is 510 g/mol. The minimum atomic E-state index is 0.637. The predicted molar refractivity (Wildman–Crippen MR) is 175 cm³/mol. The number of aromatic nitrogens is 2. The first-order valence-corrected chi connectivity index (χ1v) is 13.9. The van der Waals surface area contributed by atoms with Crippen LogP contribution in [0.4, 0.5) is 5.69 Å². The van der Waals surface area contributed by atoms with Crippen molar-refractivity contribution in [3.8, 4) is 33.5 Å². The topological polar surface area (TPSA) is 30.1 Å². The van der Waals surface area contributed by atoms with Crippen molar-refractivity contribution in [2.75, 3.05) is 0 Å². The highest BCUT2D eigenvalue weighted by atomic mass is 14.8. The highest BCUT2D eigenvalue weighted by Gasteiger charge is 2.16. The van der Waals surface area contributed by atoms with Crippen LogP contribution in [0.3, 0.4) is 0 Å². The Morgan fingerprint density at radius 2 is 1.19 bits per heavy atom. The maximum Gasteiger partial charge on any atom is 0.187 e. The van der Waals surface area contributed by atoms with E-state index in [0.29, 0.717) is 5.69 Å². The van der Waals surface area contributed by atoms with Gasteiger partial charge in [-0.3, -0.25) is 4.98 Å². The van der Waals surface area contributed by atoms with Crippen molar-refractivity contribution in [3.63, 3.8) is 0 Å². The smallest absolute Gasteiger partial charge is 0.187 e. The van der Waals surface area contributed by atoms with E-state index in [-0.39, 0.29) is 0 Å². The Morgan fingerprint density at radius 3 is 2.02 bits per heavy atom. The lowest BCUT2D eigenvalue weighted by Gasteiger charge is -2.17. The molecule has 0 bridgehead atoms. The molecule has 0 saturated carbocycles. The van der Waals surface area contributed by atoms with Gasteiger partial charge in [-0.05, 0) is 68.1 Å². The third kappa shape index (κ3) is 3.90. The van der Waals surface area contributed by atoms with Crippen LogP contribution in [0.2, 0.25) is 0 Å². The molecule has 0 aliphatic carbocycles. The third-order valence-corrected chi connectivity index (χ3v) is 8.09. The molecule has 0 unspecified atom stereocenters. The molecule has 0 spiro atoms. The van der Waals surface area contributed by atoms with Crippen LogP contribution in [0.25, 0.3) is 81.7 Å². The Kier molecular flexibility index (Phi) is 5.52. The van der Waals surface area contributed by atoms with E-state index < -0.39 is 0 Å². The average Bonchev–Trinajstić information content (AvgIpc) is 3.07. The lowest BCUT2D eigenvalue weighted by molar-refractivity contribution is 1.37. The molecule has 0 fully saturated rings. The highest BCUT2D eigenvalue weighted by molar-refractivity contribution is 6.08. The Balaban J connectivity index is 1.41. The summed E-state index contributed by atoms with van der Waals surface area (Å²) in [4.78, 5) is 13.5. The fourth-order valence-electron chi connectivity index (χ4n) is 6.08. The molecule has 194 valence electrons. The van der Waals surface area contributed by atoms with Gasteiger partial charge in [0.1, 0.15) is 0 Å². The van der Waals surface area contributed by atoms with Gasteiger partial charge >= 0.3 is 0 Å². The summed E-state index contributed by atoms with van der Waals surface area (Å²) in [6.45, 7) is 7.42. The summed E-state index contributed by atoms with van der Waals surface area (Å²) in [5, 5.41) is 6.84. The lowest BCUT2D eigenvalue weighted by Crippen LogP contribution is -1.92. The van der Waals surface area contributed by atoms with Gasteiger partial charge in [-0.1, -0.05) is 109 Å². The average molecular weight is 534 g/mol. The van der Waals surface area contributed by atoms with Crippen LogP contribution in [0, 0.1) is 6.57 Å². The molecule has 3 heteroatoms. The van der Waals surface area contributed by atoms with Crippen LogP contribution < -0.4 is 0 Å². The highest BCUT2D eigenvalue weighted by Crippen LogP contribution is 2.42. The Labute approximate surface area is 243 Å². The normalized spacial score (nSPS) is 11.3. The number of benzene rings is 6. The molecule has 0 radical (unpaired) electrons. The summed E-state index contributed by atoms with van der Waals surface area (Å²) in [5.41, 5.74) is 8.97. The maximum absolute atomic E-state index is 7.42. The van der Waals surface area contributed by atoms with Crippen molar-refractivity contribution >= 4 is 49.0 Å². The van der Waals surface area contributed by atoms with Crippen LogP contribution in [-0.2, 0) is 0 Å². The molecule has 42 heavy (non-hydrogen) atoms. The number of hydrogen-bond donors (Lipinski definition) is 0. The molecule has 0 aliphatic rings. The van der Waals surface area contributed by atoms with Crippen molar-refractivity contribution in [1.82, 2.24) is 9.97 Å². The lowest BCUT2D eigenvalue weighted by atomic mass is 9.87. The molecule has 0 N–H and O–H groups in total. The van der Waals surface area contributed by atoms with Crippen molar-refractivity contribution < 1.29 is 0 Å². The first-order valence-electron chi connectivity index (χ1n) is 13.9. The summed E-state index contributed by atoms with van der Waals surface area (Å²) in [6.07, 6.45) is 1.83. The van der Waals surface area contributed by atoms with E-state index >= 15 is 0 Å². The monoisotopic (exact) mass is 533 g/mol. The van der Waals surface area contributed by atoms with Crippen molar-refractivity contribution in [1.29, 1.82) is 0 Å². The minimum Gasteiger partial charge on any atom is -0.254 e. The summed E-state index contributed by atoms with van der Waals surface area (Å²) >= 11 is 0. The van der Waals surface area contributed by atoms with Gasteiger partial charge in [0, 0.05) is 22.5 Å². The number of fused-ring (bicyclic) bond motifs is 5. The molecule has 0 atom stereocenters. The molecule has 2 aromatic heterocycles. The molecule has 0 saturated heterocycles. The van der Waals surface area contributed by atoms with Crippen LogP contribution in [0.5, 0.6) is 0 Å². The molecule has 0 amide bonds. The number of rotatable bonds is 3. The van der Waals surface area contributed by atoms with E-state index in [1.165, 1.54) is 10.8 Å². The second-order valence-electron chi connectivity index (χ2n) is 10.5. The maximum atomic E-state index is 7.42. The fourth-order valence-corrected chi connectivity index (χ4v) is 6.08. The summed E-state index contributed by atoms with van der Waals surface area (Å²) in [7, 11) is 0. The molecular formula is C39H23N3. The van der Waals surface area contributed by atoms with Crippen molar-refractivity contribution in [2.45, 2.75) is 0 Å². The van der Waals surface area contributed by atoms with E-state index in [1.54, 1.807) is 0 Å². The SMILES string of the molecule is [C-]#[N+]c1ccc(-c2c(-c3cc(-c4ccc5ccc6cccnc6c5n4)c4ccccc4c3)ccc3ccccc23)cc1. The van der Waals surface area contributed by atoms with Gasteiger partial charge in [-0.2, -0.15) is 0 Å². The van der Waals surface area contributed by atoms with Gasteiger partial charge in [0.15, 0.2) is 5.69 Å². The Hall–Kier alpha value is -5.85. The summed E-state index contributed by atoms with van der Waals surface area (Å²) < 4.78 is 0. The number of pyridine rings is 2. The van der Waals surface area contributed by atoms with Gasteiger partial charge < -0.3 is 0 Å². The molecule has 6 aromatic carbocycles. The van der Waals surface area contributed by atoms with Crippen molar-refractivity contribution in [3.05, 3.63) is 151 Å².